The molecule has 0 N–H and O–H groups in total. The molecule has 0 heterocycles. The number of nitriles is 1. The van der Waals surface area contributed by atoms with E-state index < -0.39 is 27.0 Å². The lowest BCUT2D eigenvalue weighted by Crippen LogP contribution is -2.09. The molecule has 0 saturated carbocycles. The number of alkyl halides is 3. The van der Waals surface area contributed by atoms with E-state index >= 15 is 0 Å². The van der Waals surface area contributed by atoms with Crippen LogP contribution in [-0.2, 0) is 15.9 Å². The number of hydrogen-bond acceptors (Lipinski definition) is 4. The predicted octanol–water partition coefficient (Wildman–Crippen LogP) is 3.16. The highest BCUT2D eigenvalue weighted by atomic mass is 32.2. The Morgan fingerprint density at radius 3 is 2.32 bits per heavy atom. The first kappa shape index (κ1) is 18.0. The minimum Gasteiger partial charge on any atom is -0.369 e. The van der Waals surface area contributed by atoms with E-state index in [1.54, 1.807) is 14.1 Å². The molecular weight excluding hydrogens is 317 g/mol. The van der Waals surface area contributed by atoms with E-state index in [1.807, 2.05) is 0 Å². The lowest BCUT2D eigenvalue weighted by molar-refractivity contribution is -0.137. The fourth-order valence-corrected chi connectivity index (χ4v) is 2.15. The lowest BCUT2D eigenvalue weighted by Gasteiger charge is -2.12. The van der Waals surface area contributed by atoms with Crippen LogP contribution >= 0.6 is 0 Å². The van der Waals surface area contributed by atoms with Crippen molar-refractivity contribution >= 4 is 27.4 Å². The SMILES string of the molecule is CN(C)C=Nc1cc(N=S(C)(C)=O)cc(C(F)(F)F)c1C#N. The summed E-state index contributed by atoms with van der Waals surface area (Å²) in [5, 5.41) is 9.03. The van der Waals surface area contributed by atoms with Crippen molar-refractivity contribution in [2.24, 2.45) is 9.36 Å². The molecule has 0 bridgehead atoms. The zero-order valence-corrected chi connectivity index (χ0v) is 13.3. The fourth-order valence-electron chi connectivity index (χ4n) is 1.54. The van der Waals surface area contributed by atoms with Crippen molar-refractivity contribution in [1.29, 1.82) is 5.26 Å². The molecule has 0 atom stereocenters. The molecule has 0 saturated heterocycles. The van der Waals surface area contributed by atoms with Gasteiger partial charge in [0.15, 0.2) is 0 Å². The van der Waals surface area contributed by atoms with Gasteiger partial charge >= 0.3 is 6.18 Å². The summed E-state index contributed by atoms with van der Waals surface area (Å²) in [6.07, 6.45) is -0.848. The van der Waals surface area contributed by atoms with E-state index in [4.69, 9.17) is 5.26 Å². The average Bonchev–Trinajstić information content (AvgIpc) is 2.32. The maximum Gasteiger partial charge on any atom is 0.417 e. The van der Waals surface area contributed by atoms with Crippen molar-refractivity contribution in [1.82, 2.24) is 4.90 Å². The van der Waals surface area contributed by atoms with Gasteiger partial charge in [-0.05, 0) is 12.1 Å². The van der Waals surface area contributed by atoms with Gasteiger partial charge in [-0.25, -0.2) is 9.20 Å². The first-order valence-electron chi connectivity index (χ1n) is 5.97. The molecule has 5 nitrogen and oxygen atoms in total. The summed E-state index contributed by atoms with van der Waals surface area (Å²) in [5.74, 6) is 0. The summed E-state index contributed by atoms with van der Waals surface area (Å²) < 4.78 is 54.8. The summed E-state index contributed by atoms with van der Waals surface area (Å²) in [6.45, 7) is 0. The molecule has 9 heteroatoms. The first-order valence-corrected chi connectivity index (χ1v) is 8.30. The molecule has 1 aromatic carbocycles. The first-order chi connectivity index (χ1) is 9.94. The molecule has 0 unspecified atom stereocenters. The number of benzene rings is 1. The van der Waals surface area contributed by atoms with Gasteiger partial charge in [-0.1, -0.05) is 0 Å². The maximum absolute atomic E-state index is 13.1. The normalized spacial score (nSPS) is 12.3. The quantitative estimate of drug-likeness (QED) is 0.631. The Balaban J connectivity index is 3.71. The van der Waals surface area contributed by atoms with Crippen molar-refractivity contribution in [3.63, 3.8) is 0 Å². The zero-order chi connectivity index (χ0) is 17.1. The van der Waals surface area contributed by atoms with Crippen molar-refractivity contribution in [2.45, 2.75) is 6.18 Å². The molecule has 0 amide bonds. The molecule has 0 aliphatic rings. The Kier molecular flexibility index (Phi) is 5.19. The number of rotatable bonds is 3. The third kappa shape index (κ3) is 5.04. The van der Waals surface area contributed by atoms with E-state index in [0.29, 0.717) is 6.07 Å². The van der Waals surface area contributed by atoms with Crippen LogP contribution in [0.4, 0.5) is 24.5 Å². The Morgan fingerprint density at radius 1 is 1.32 bits per heavy atom. The van der Waals surface area contributed by atoms with Gasteiger partial charge in [0.1, 0.15) is 6.07 Å². The predicted molar refractivity (Wildman–Crippen MR) is 80.1 cm³/mol. The molecule has 120 valence electrons. The molecule has 22 heavy (non-hydrogen) atoms. The Bertz CT molecular complexity index is 746. The molecule has 1 aromatic rings. The van der Waals surface area contributed by atoms with E-state index in [1.165, 1.54) is 35.9 Å². The Hall–Kier alpha value is -2.08. The number of nitrogens with zero attached hydrogens (tertiary/aromatic N) is 4. The average molecular weight is 332 g/mol. The number of halogens is 3. The topological polar surface area (TPSA) is 68.8 Å². The second-order valence-electron chi connectivity index (χ2n) is 4.98. The van der Waals surface area contributed by atoms with Crippen molar-refractivity contribution in [3.05, 3.63) is 23.3 Å². The van der Waals surface area contributed by atoms with Crippen LogP contribution < -0.4 is 0 Å². The van der Waals surface area contributed by atoms with E-state index in [-0.39, 0.29) is 11.4 Å². The van der Waals surface area contributed by atoms with Crippen LogP contribution in [0.2, 0.25) is 0 Å². The van der Waals surface area contributed by atoms with Crippen LogP contribution in [-0.4, -0.2) is 42.1 Å². The number of hydrogen-bond donors (Lipinski definition) is 0. The highest BCUT2D eigenvalue weighted by Crippen LogP contribution is 2.39. The highest BCUT2D eigenvalue weighted by molar-refractivity contribution is 7.92. The van der Waals surface area contributed by atoms with Crippen LogP contribution in [0.15, 0.2) is 21.5 Å². The van der Waals surface area contributed by atoms with Crippen LogP contribution in [0.3, 0.4) is 0 Å². The minimum atomic E-state index is -4.73. The minimum absolute atomic E-state index is 0.132. The van der Waals surface area contributed by atoms with Gasteiger partial charge in [0.05, 0.1) is 28.8 Å². The van der Waals surface area contributed by atoms with Crippen molar-refractivity contribution < 1.29 is 17.4 Å². The van der Waals surface area contributed by atoms with Gasteiger partial charge in [0.2, 0.25) is 0 Å². The largest absolute Gasteiger partial charge is 0.417 e. The van der Waals surface area contributed by atoms with E-state index in [0.717, 1.165) is 0 Å². The monoisotopic (exact) mass is 332 g/mol. The standard InChI is InChI=1S/C13H15F3N4OS/c1-20(2)8-18-12-6-9(19-22(3,4)21)5-11(10(12)7-17)13(14,15)16/h5-6,8H,1-4H3. The zero-order valence-electron chi connectivity index (χ0n) is 12.5. The van der Waals surface area contributed by atoms with E-state index in [9.17, 15) is 17.4 Å². The smallest absolute Gasteiger partial charge is 0.369 e. The van der Waals surface area contributed by atoms with Crippen LogP contribution in [0.5, 0.6) is 0 Å². The van der Waals surface area contributed by atoms with Gasteiger partial charge < -0.3 is 4.90 Å². The molecule has 0 spiro atoms. The highest BCUT2D eigenvalue weighted by Gasteiger charge is 2.35. The maximum atomic E-state index is 13.1. The van der Waals surface area contributed by atoms with Crippen LogP contribution in [0, 0.1) is 11.3 Å². The molecular formula is C13H15F3N4OS. The second kappa shape index (κ2) is 6.36. The summed E-state index contributed by atoms with van der Waals surface area (Å²) in [6, 6.07) is 3.44. The van der Waals surface area contributed by atoms with E-state index in [2.05, 4.69) is 9.36 Å². The molecule has 0 aliphatic heterocycles. The Morgan fingerprint density at radius 2 is 1.91 bits per heavy atom. The third-order valence-electron chi connectivity index (χ3n) is 2.27. The fraction of sp³-hybridized carbons (Fsp3) is 0.385. The molecule has 0 aromatic heterocycles. The molecule has 1 rings (SSSR count). The summed E-state index contributed by atoms with van der Waals surface area (Å²) in [7, 11) is 0.632. The second-order valence-corrected chi connectivity index (χ2v) is 7.52. The van der Waals surface area contributed by atoms with Crippen molar-refractivity contribution in [3.8, 4) is 6.07 Å². The molecule has 0 radical (unpaired) electrons. The molecule has 0 aliphatic carbocycles. The van der Waals surface area contributed by atoms with Gasteiger partial charge in [0, 0.05) is 36.3 Å². The summed E-state index contributed by atoms with van der Waals surface area (Å²) >= 11 is 0. The third-order valence-corrected chi connectivity index (χ3v) is 2.92. The van der Waals surface area contributed by atoms with Gasteiger partial charge in [-0.3, -0.25) is 0 Å². The molecule has 0 fully saturated rings. The Labute approximate surface area is 127 Å². The van der Waals surface area contributed by atoms with Crippen LogP contribution in [0.1, 0.15) is 11.1 Å². The van der Waals surface area contributed by atoms with Crippen LogP contribution in [0.25, 0.3) is 0 Å². The summed E-state index contributed by atoms with van der Waals surface area (Å²) in [4.78, 5) is 5.38. The number of aliphatic imine (C=N–C) groups is 1. The lowest BCUT2D eigenvalue weighted by atomic mass is 10.0. The summed E-state index contributed by atoms with van der Waals surface area (Å²) in [5.41, 5.74) is -2.05. The van der Waals surface area contributed by atoms with Gasteiger partial charge in [0.25, 0.3) is 0 Å². The van der Waals surface area contributed by atoms with Gasteiger partial charge in [-0.15, -0.1) is 0 Å². The van der Waals surface area contributed by atoms with Crippen molar-refractivity contribution in [2.75, 3.05) is 26.6 Å². The van der Waals surface area contributed by atoms with Gasteiger partial charge in [-0.2, -0.15) is 22.8 Å².